The minimum atomic E-state index is -0.573. The van der Waals surface area contributed by atoms with E-state index in [9.17, 15) is 14.9 Å². The first-order valence-electron chi connectivity index (χ1n) is 5.55. The number of carbonyl (C=O) groups excluding carboxylic acids is 1. The summed E-state index contributed by atoms with van der Waals surface area (Å²) in [5, 5.41) is 13.9. The van der Waals surface area contributed by atoms with Crippen LogP contribution in [-0.2, 0) is 4.79 Å². The van der Waals surface area contributed by atoms with Gasteiger partial charge in [0, 0.05) is 25.7 Å². The summed E-state index contributed by atoms with van der Waals surface area (Å²) < 4.78 is 0. The van der Waals surface area contributed by atoms with Crippen LogP contribution in [0.25, 0.3) is 0 Å². The lowest BCUT2D eigenvalue weighted by atomic mass is 10.2. The number of nitro groups is 1. The van der Waals surface area contributed by atoms with Crippen LogP contribution in [0.4, 0.5) is 11.4 Å². The van der Waals surface area contributed by atoms with Crippen molar-refractivity contribution in [2.24, 2.45) is 0 Å². The summed E-state index contributed by atoms with van der Waals surface area (Å²) in [7, 11) is 1.71. The zero-order valence-corrected chi connectivity index (χ0v) is 11.5. The lowest BCUT2D eigenvalue weighted by molar-refractivity contribution is -0.384. The van der Waals surface area contributed by atoms with Crippen molar-refractivity contribution in [2.45, 2.75) is 12.5 Å². The van der Waals surface area contributed by atoms with Crippen LogP contribution in [0.15, 0.2) is 12.1 Å². The average molecular weight is 304 g/mol. The van der Waals surface area contributed by atoms with Gasteiger partial charge in [0.1, 0.15) is 6.04 Å². The molecule has 0 aliphatic carbocycles. The number of nitro benzene ring substituents is 1. The monoisotopic (exact) mass is 303 g/mol. The number of carbonyl (C=O) groups is 1. The molecule has 1 fully saturated rings. The molecule has 1 aromatic rings. The summed E-state index contributed by atoms with van der Waals surface area (Å²) in [5.74, 6) is -0.0505. The van der Waals surface area contributed by atoms with Crippen molar-refractivity contribution >= 4 is 40.5 Å². The molecule has 1 heterocycles. The van der Waals surface area contributed by atoms with Gasteiger partial charge in [-0.3, -0.25) is 14.9 Å². The largest absolute Gasteiger partial charge is 0.371 e. The van der Waals surface area contributed by atoms with Crippen LogP contribution in [0.5, 0.6) is 0 Å². The maximum atomic E-state index is 11.8. The number of anilines is 1. The Balaban J connectivity index is 2.26. The van der Waals surface area contributed by atoms with Gasteiger partial charge in [0.15, 0.2) is 0 Å². The smallest absolute Gasteiger partial charge is 0.272 e. The molecule has 1 atom stereocenters. The molecule has 1 aliphatic rings. The first-order chi connectivity index (χ1) is 8.90. The molecule has 1 unspecified atom stereocenters. The van der Waals surface area contributed by atoms with Crippen LogP contribution >= 0.6 is 23.2 Å². The highest BCUT2D eigenvalue weighted by atomic mass is 35.5. The van der Waals surface area contributed by atoms with E-state index in [1.807, 2.05) is 0 Å². The van der Waals surface area contributed by atoms with Gasteiger partial charge in [-0.25, -0.2) is 0 Å². The molecule has 8 heteroatoms. The number of non-ortho nitro benzene ring substituents is 1. The Labute approximate surface area is 119 Å². The fourth-order valence-electron chi connectivity index (χ4n) is 1.93. The van der Waals surface area contributed by atoms with Crippen molar-refractivity contribution < 1.29 is 9.72 Å². The Hall–Kier alpha value is -1.53. The van der Waals surface area contributed by atoms with Gasteiger partial charge in [0.25, 0.3) is 5.69 Å². The summed E-state index contributed by atoms with van der Waals surface area (Å²) in [5.41, 5.74) is 0.165. The number of nitrogens with zero attached hydrogens (tertiary/aromatic N) is 2. The number of halogens is 2. The molecule has 0 radical (unpaired) electrons. The average Bonchev–Trinajstić information content (AvgIpc) is 2.65. The molecule has 1 aliphatic heterocycles. The molecule has 102 valence electrons. The maximum Gasteiger partial charge on any atom is 0.272 e. The second-order valence-corrected chi connectivity index (χ2v) is 5.10. The van der Waals surface area contributed by atoms with Gasteiger partial charge in [-0.15, -0.1) is 0 Å². The van der Waals surface area contributed by atoms with Crippen LogP contribution in [0.2, 0.25) is 10.0 Å². The highest BCUT2D eigenvalue weighted by Crippen LogP contribution is 2.35. The lowest BCUT2D eigenvalue weighted by Crippen LogP contribution is -2.31. The Morgan fingerprint density at radius 3 is 2.42 bits per heavy atom. The fraction of sp³-hybridized carbons (Fsp3) is 0.364. The third-order valence-corrected chi connectivity index (χ3v) is 3.58. The normalized spacial score (nSPS) is 18.8. The molecule has 1 amide bonds. The second-order valence-electron chi connectivity index (χ2n) is 4.29. The molecule has 6 nitrogen and oxygen atoms in total. The SMILES string of the molecule is CN1CCC(Nc2c(Cl)cc([N+](=O)[O-])cc2Cl)C1=O. The summed E-state index contributed by atoms with van der Waals surface area (Å²) >= 11 is 11.9. The maximum absolute atomic E-state index is 11.8. The lowest BCUT2D eigenvalue weighted by Gasteiger charge is -2.15. The molecule has 0 aromatic heterocycles. The molecule has 1 N–H and O–H groups in total. The van der Waals surface area contributed by atoms with Gasteiger partial charge in [-0.1, -0.05) is 23.2 Å². The van der Waals surface area contributed by atoms with E-state index in [2.05, 4.69) is 5.32 Å². The number of amides is 1. The van der Waals surface area contributed by atoms with Crippen molar-refractivity contribution in [3.63, 3.8) is 0 Å². The molecule has 1 saturated heterocycles. The first kappa shape index (κ1) is 13.9. The minimum Gasteiger partial charge on any atom is -0.371 e. The number of nitrogens with one attached hydrogen (secondary N) is 1. The van der Waals surface area contributed by atoms with E-state index in [0.717, 1.165) is 0 Å². The van der Waals surface area contributed by atoms with Gasteiger partial charge in [0.2, 0.25) is 5.91 Å². The third-order valence-electron chi connectivity index (χ3n) is 2.98. The number of hydrogen-bond acceptors (Lipinski definition) is 4. The molecule has 1 aromatic carbocycles. The summed E-state index contributed by atoms with van der Waals surface area (Å²) in [4.78, 5) is 23.5. The summed E-state index contributed by atoms with van der Waals surface area (Å²) in [6.07, 6.45) is 0.638. The highest BCUT2D eigenvalue weighted by Gasteiger charge is 2.30. The molecule has 0 bridgehead atoms. The van der Waals surface area contributed by atoms with Crippen LogP contribution in [-0.4, -0.2) is 35.4 Å². The number of hydrogen-bond donors (Lipinski definition) is 1. The fourth-order valence-corrected chi connectivity index (χ4v) is 2.52. The van der Waals surface area contributed by atoms with Gasteiger partial charge >= 0.3 is 0 Å². The van der Waals surface area contributed by atoms with E-state index in [1.165, 1.54) is 12.1 Å². The van der Waals surface area contributed by atoms with Gasteiger partial charge in [-0.2, -0.15) is 0 Å². The first-order valence-corrected chi connectivity index (χ1v) is 6.30. The Morgan fingerprint density at radius 1 is 1.42 bits per heavy atom. The Kier molecular flexibility index (Phi) is 3.82. The summed E-state index contributed by atoms with van der Waals surface area (Å²) in [6, 6.07) is 2.01. The van der Waals surface area contributed by atoms with Crippen LogP contribution < -0.4 is 5.32 Å². The van der Waals surface area contributed by atoms with Crippen molar-refractivity contribution in [3.05, 3.63) is 32.3 Å². The predicted octanol–water partition coefficient (Wildman–Crippen LogP) is 2.54. The topological polar surface area (TPSA) is 75.5 Å². The van der Waals surface area contributed by atoms with Crippen molar-refractivity contribution in [1.82, 2.24) is 4.90 Å². The van der Waals surface area contributed by atoms with Crippen LogP contribution in [0.1, 0.15) is 6.42 Å². The van der Waals surface area contributed by atoms with E-state index in [-0.39, 0.29) is 21.6 Å². The minimum absolute atomic E-state index is 0.0505. The van der Waals surface area contributed by atoms with Crippen LogP contribution in [0.3, 0.4) is 0 Å². The van der Waals surface area contributed by atoms with E-state index in [4.69, 9.17) is 23.2 Å². The van der Waals surface area contributed by atoms with E-state index < -0.39 is 11.0 Å². The van der Waals surface area contributed by atoms with E-state index in [1.54, 1.807) is 11.9 Å². The highest BCUT2D eigenvalue weighted by molar-refractivity contribution is 6.39. The number of likely N-dealkylation sites (N-methyl/N-ethyl adjacent to an activating group) is 1. The van der Waals surface area contributed by atoms with E-state index >= 15 is 0 Å². The second kappa shape index (κ2) is 5.22. The third kappa shape index (κ3) is 2.74. The molecular weight excluding hydrogens is 293 g/mol. The zero-order chi connectivity index (χ0) is 14.2. The Bertz CT molecular complexity index is 527. The van der Waals surface area contributed by atoms with E-state index in [0.29, 0.717) is 18.7 Å². The molecule has 19 heavy (non-hydrogen) atoms. The van der Waals surface area contributed by atoms with Crippen molar-refractivity contribution in [2.75, 3.05) is 18.9 Å². The quantitative estimate of drug-likeness (QED) is 0.688. The Morgan fingerprint density at radius 2 is 2.00 bits per heavy atom. The number of benzene rings is 1. The van der Waals surface area contributed by atoms with Gasteiger partial charge in [-0.05, 0) is 6.42 Å². The van der Waals surface area contributed by atoms with Crippen LogP contribution in [0, 0.1) is 10.1 Å². The molecule has 2 rings (SSSR count). The summed E-state index contributed by atoms with van der Waals surface area (Å²) in [6.45, 7) is 0.652. The molecule has 0 saturated carbocycles. The molecule has 0 spiro atoms. The standard InChI is InChI=1S/C11H11Cl2N3O3/c1-15-3-2-9(11(15)17)14-10-7(12)4-6(16(18)19)5-8(10)13/h4-5,9,14H,2-3H2,1H3. The number of likely N-dealkylation sites (tertiary alicyclic amines) is 1. The predicted molar refractivity (Wildman–Crippen MR) is 72.8 cm³/mol. The zero-order valence-electron chi connectivity index (χ0n) is 10.0. The van der Waals surface area contributed by atoms with Crippen molar-refractivity contribution in [3.8, 4) is 0 Å². The van der Waals surface area contributed by atoms with Crippen molar-refractivity contribution in [1.29, 1.82) is 0 Å². The number of rotatable bonds is 3. The molecular formula is C11H11Cl2N3O3. The van der Waals surface area contributed by atoms with Gasteiger partial charge in [0.05, 0.1) is 20.7 Å². The van der Waals surface area contributed by atoms with Gasteiger partial charge < -0.3 is 10.2 Å².